The van der Waals surface area contributed by atoms with Crippen LogP contribution >= 0.6 is 45.7 Å². The SMILES string of the molecule is O=C(O)CC(Sc1nc2ccc(I)cc2s1)C(=O)O. The second kappa shape index (κ2) is 6.06. The van der Waals surface area contributed by atoms with Crippen LogP contribution in [0.2, 0.25) is 0 Å². The standard InChI is InChI=1S/C11H8INO4S2/c12-5-1-2-6-7(3-5)18-11(13-6)19-8(10(16)17)4-9(14)15/h1-3,8H,4H2,(H,14,15)(H,16,17). The van der Waals surface area contributed by atoms with Crippen LogP contribution in [0, 0.1) is 3.57 Å². The van der Waals surface area contributed by atoms with Gasteiger partial charge in [0, 0.05) is 3.57 Å². The van der Waals surface area contributed by atoms with Gasteiger partial charge in [0.05, 0.1) is 16.6 Å². The van der Waals surface area contributed by atoms with Gasteiger partial charge >= 0.3 is 11.9 Å². The molecule has 0 bridgehead atoms. The highest BCUT2D eigenvalue weighted by Crippen LogP contribution is 2.33. The molecule has 0 fully saturated rings. The van der Waals surface area contributed by atoms with E-state index in [1.807, 2.05) is 18.2 Å². The number of halogens is 1. The highest BCUT2D eigenvalue weighted by Gasteiger charge is 2.23. The molecule has 1 unspecified atom stereocenters. The van der Waals surface area contributed by atoms with Gasteiger partial charge in [0.15, 0.2) is 4.34 Å². The van der Waals surface area contributed by atoms with Gasteiger partial charge in [0.1, 0.15) is 5.25 Å². The molecule has 1 aromatic heterocycles. The molecule has 1 aromatic carbocycles. The summed E-state index contributed by atoms with van der Waals surface area (Å²) in [6, 6.07) is 5.75. The van der Waals surface area contributed by atoms with E-state index in [0.29, 0.717) is 4.34 Å². The number of carboxylic acids is 2. The van der Waals surface area contributed by atoms with E-state index in [-0.39, 0.29) is 0 Å². The van der Waals surface area contributed by atoms with E-state index in [0.717, 1.165) is 25.5 Å². The molecule has 8 heteroatoms. The van der Waals surface area contributed by atoms with Gasteiger partial charge in [0.2, 0.25) is 0 Å². The number of benzene rings is 1. The number of nitrogens with zero attached hydrogens (tertiary/aromatic N) is 1. The van der Waals surface area contributed by atoms with Gasteiger partial charge in [-0.2, -0.15) is 0 Å². The Morgan fingerprint density at radius 2 is 2.16 bits per heavy atom. The lowest BCUT2D eigenvalue weighted by Gasteiger charge is -2.06. The zero-order valence-electron chi connectivity index (χ0n) is 9.37. The zero-order chi connectivity index (χ0) is 14.0. The minimum absolute atomic E-state index is 0.423. The summed E-state index contributed by atoms with van der Waals surface area (Å²) in [5, 5.41) is 16.7. The molecule has 0 spiro atoms. The molecular formula is C11H8INO4S2. The predicted octanol–water partition coefficient (Wildman–Crippen LogP) is 2.92. The first kappa shape index (κ1) is 14.5. The van der Waals surface area contributed by atoms with Gasteiger partial charge in [-0.05, 0) is 40.8 Å². The second-order valence-corrected chi connectivity index (χ2v) is 7.36. The summed E-state index contributed by atoms with van der Waals surface area (Å²) >= 11 is 4.55. The van der Waals surface area contributed by atoms with Gasteiger partial charge in [-0.15, -0.1) is 11.3 Å². The lowest BCUT2D eigenvalue weighted by molar-refractivity contribution is -0.142. The summed E-state index contributed by atoms with van der Waals surface area (Å²) in [4.78, 5) is 25.9. The van der Waals surface area contributed by atoms with E-state index in [9.17, 15) is 9.59 Å². The first-order chi connectivity index (χ1) is 8.95. The number of thioether (sulfide) groups is 1. The number of aromatic nitrogens is 1. The number of hydrogen-bond donors (Lipinski definition) is 2. The molecule has 0 saturated carbocycles. The molecule has 0 aliphatic rings. The fourth-order valence-corrected chi connectivity index (χ4v) is 4.36. The van der Waals surface area contributed by atoms with Crippen LogP contribution < -0.4 is 0 Å². The molecule has 1 atom stereocenters. The molecule has 1 heterocycles. The fraction of sp³-hybridized carbons (Fsp3) is 0.182. The van der Waals surface area contributed by atoms with Crippen molar-refractivity contribution < 1.29 is 19.8 Å². The van der Waals surface area contributed by atoms with E-state index >= 15 is 0 Å². The van der Waals surface area contributed by atoms with Crippen LogP contribution in [0.15, 0.2) is 22.5 Å². The maximum Gasteiger partial charge on any atom is 0.317 e. The largest absolute Gasteiger partial charge is 0.481 e. The molecule has 0 aliphatic heterocycles. The monoisotopic (exact) mass is 409 g/mol. The molecule has 2 rings (SSSR count). The first-order valence-corrected chi connectivity index (χ1v) is 7.90. The molecule has 0 aliphatic carbocycles. The molecule has 19 heavy (non-hydrogen) atoms. The average Bonchev–Trinajstić information content (AvgIpc) is 2.68. The number of rotatable bonds is 5. The van der Waals surface area contributed by atoms with E-state index < -0.39 is 23.6 Å². The minimum atomic E-state index is -1.14. The average molecular weight is 409 g/mol. The molecular weight excluding hydrogens is 401 g/mol. The van der Waals surface area contributed by atoms with E-state index in [2.05, 4.69) is 27.6 Å². The molecule has 2 aromatic rings. The quantitative estimate of drug-likeness (QED) is 0.584. The highest BCUT2D eigenvalue weighted by molar-refractivity contribution is 14.1. The lowest BCUT2D eigenvalue weighted by Crippen LogP contribution is -2.20. The Labute approximate surface area is 130 Å². The number of hydrogen-bond acceptors (Lipinski definition) is 5. The minimum Gasteiger partial charge on any atom is -0.481 e. The molecule has 0 saturated heterocycles. The van der Waals surface area contributed by atoms with Crippen molar-refractivity contribution in [2.24, 2.45) is 0 Å². The van der Waals surface area contributed by atoms with Gasteiger partial charge in [-0.1, -0.05) is 11.8 Å². The number of aliphatic carboxylic acids is 2. The molecule has 5 nitrogen and oxygen atoms in total. The van der Waals surface area contributed by atoms with Crippen LogP contribution in [0.3, 0.4) is 0 Å². The van der Waals surface area contributed by atoms with Crippen LogP contribution in [0.1, 0.15) is 6.42 Å². The smallest absolute Gasteiger partial charge is 0.317 e. The number of thiazole rings is 1. The van der Waals surface area contributed by atoms with Crippen molar-refractivity contribution in [2.45, 2.75) is 16.0 Å². The molecule has 0 radical (unpaired) electrons. The van der Waals surface area contributed by atoms with Gasteiger partial charge in [0.25, 0.3) is 0 Å². The summed E-state index contributed by atoms with van der Waals surface area (Å²) in [7, 11) is 0. The number of carbonyl (C=O) groups is 2. The zero-order valence-corrected chi connectivity index (χ0v) is 13.2. The van der Waals surface area contributed by atoms with Crippen LogP contribution in [0.5, 0.6) is 0 Å². The van der Waals surface area contributed by atoms with Crippen molar-refractivity contribution >= 4 is 67.8 Å². The molecule has 100 valence electrons. The van der Waals surface area contributed by atoms with Crippen molar-refractivity contribution in [3.63, 3.8) is 0 Å². The summed E-state index contributed by atoms with van der Waals surface area (Å²) < 4.78 is 2.62. The van der Waals surface area contributed by atoms with Crippen molar-refractivity contribution in [2.75, 3.05) is 0 Å². The summed E-state index contributed by atoms with van der Waals surface area (Å²) in [5.74, 6) is -2.27. The Kier molecular flexibility index (Phi) is 4.63. The van der Waals surface area contributed by atoms with Crippen LogP contribution in [0.25, 0.3) is 10.2 Å². The topological polar surface area (TPSA) is 87.5 Å². The van der Waals surface area contributed by atoms with Crippen LogP contribution in [0.4, 0.5) is 0 Å². The van der Waals surface area contributed by atoms with E-state index in [1.54, 1.807) is 0 Å². The fourth-order valence-electron chi connectivity index (χ4n) is 1.39. The third kappa shape index (κ3) is 3.80. The van der Waals surface area contributed by atoms with E-state index in [1.165, 1.54) is 11.3 Å². The highest BCUT2D eigenvalue weighted by atomic mass is 127. The Balaban J connectivity index is 2.23. The summed E-state index contributed by atoms with van der Waals surface area (Å²) in [5.41, 5.74) is 0.798. The second-order valence-electron chi connectivity index (χ2n) is 3.63. The van der Waals surface area contributed by atoms with Crippen molar-refractivity contribution in [1.82, 2.24) is 4.98 Å². The summed E-state index contributed by atoms with van der Waals surface area (Å²) in [6.07, 6.45) is -0.423. The Morgan fingerprint density at radius 1 is 1.42 bits per heavy atom. The third-order valence-corrected chi connectivity index (χ3v) is 5.18. The van der Waals surface area contributed by atoms with Crippen molar-refractivity contribution in [3.05, 3.63) is 21.8 Å². The predicted molar refractivity (Wildman–Crippen MR) is 81.9 cm³/mol. The lowest BCUT2D eigenvalue weighted by atomic mass is 10.3. The van der Waals surface area contributed by atoms with Crippen molar-refractivity contribution in [1.29, 1.82) is 0 Å². The molecule has 0 amide bonds. The normalized spacial score (nSPS) is 12.5. The number of carboxylic acid groups (broad SMARTS) is 2. The van der Waals surface area contributed by atoms with E-state index in [4.69, 9.17) is 10.2 Å². The summed E-state index contributed by atoms with van der Waals surface area (Å²) in [6.45, 7) is 0. The van der Waals surface area contributed by atoms with Crippen molar-refractivity contribution in [3.8, 4) is 0 Å². The van der Waals surface area contributed by atoms with Gasteiger partial charge in [-0.3, -0.25) is 9.59 Å². The maximum absolute atomic E-state index is 11.0. The Hall–Kier alpha value is -0.870. The Morgan fingerprint density at radius 3 is 2.79 bits per heavy atom. The van der Waals surface area contributed by atoms with Crippen LogP contribution in [-0.2, 0) is 9.59 Å². The van der Waals surface area contributed by atoms with Gasteiger partial charge < -0.3 is 10.2 Å². The number of fused-ring (bicyclic) bond motifs is 1. The maximum atomic E-state index is 11.0. The molecule has 2 N–H and O–H groups in total. The van der Waals surface area contributed by atoms with Crippen LogP contribution in [-0.4, -0.2) is 32.4 Å². The third-order valence-electron chi connectivity index (χ3n) is 2.21. The Bertz CT molecular complexity index is 643. The first-order valence-electron chi connectivity index (χ1n) is 5.13. The van der Waals surface area contributed by atoms with Gasteiger partial charge in [-0.25, -0.2) is 4.98 Å².